The Balaban J connectivity index is 0.000000202. The average molecular weight is 1020 g/mol. The van der Waals surface area contributed by atoms with E-state index in [-0.39, 0.29) is 52.8 Å². The molecule has 0 saturated carbocycles. The molecule has 0 aromatic rings. The van der Waals surface area contributed by atoms with Gasteiger partial charge in [-0.1, -0.05) is 0 Å². The van der Waals surface area contributed by atoms with E-state index in [9.17, 15) is 0 Å². The van der Waals surface area contributed by atoms with Gasteiger partial charge in [-0.25, -0.2) is 0 Å². The van der Waals surface area contributed by atoms with E-state index in [0.717, 1.165) is 0 Å². The Labute approximate surface area is 233 Å². The normalized spacial score (nSPS) is 19.8. The summed E-state index contributed by atoms with van der Waals surface area (Å²) in [6, 6.07) is 0. The Morgan fingerprint density at radius 1 is 0.630 bits per heavy atom. The zero-order chi connectivity index (χ0) is 20.1. The van der Waals surface area contributed by atoms with Crippen LogP contribution in [0.5, 0.6) is 0 Å². The van der Waals surface area contributed by atoms with Crippen LogP contribution in [-0.4, -0.2) is 84.9 Å². The summed E-state index contributed by atoms with van der Waals surface area (Å²) in [6.45, 7) is 3.68. The Kier molecular flexibility index (Phi) is 21.0. The van der Waals surface area contributed by atoms with E-state index in [1.807, 2.05) is 62.1 Å². The van der Waals surface area contributed by atoms with E-state index in [0.29, 0.717) is 0 Å². The van der Waals surface area contributed by atoms with E-state index >= 15 is 0 Å². The molecule has 0 aromatic carbocycles. The van der Waals surface area contributed by atoms with E-state index in [4.69, 9.17) is 0 Å². The molecular weight excluding hydrogens is 999 g/mol. The fourth-order valence-electron chi connectivity index (χ4n) is 1.73. The first-order valence-corrected chi connectivity index (χ1v) is 35.0. The van der Waals surface area contributed by atoms with Crippen molar-refractivity contribution in [1.82, 2.24) is 0 Å². The molecule has 3 aliphatic heterocycles. The molecule has 0 aromatic heterocycles. The molecule has 0 spiro atoms. The molecule has 0 bridgehead atoms. The summed E-state index contributed by atoms with van der Waals surface area (Å²) < 4.78 is 11.5. The molecule has 3 aliphatic rings. The van der Waals surface area contributed by atoms with Gasteiger partial charge < -0.3 is 0 Å². The second-order valence-electron chi connectivity index (χ2n) is 5.01. The number of halogens is 6. The van der Waals surface area contributed by atoms with E-state index in [1.165, 1.54) is 50.0 Å². The van der Waals surface area contributed by atoms with Crippen LogP contribution in [0.2, 0.25) is 0 Å². The van der Waals surface area contributed by atoms with Crippen molar-refractivity contribution in [2.24, 2.45) is 0 Å². The third kappa shape index (κ3) is 13.3. The first-order valence-electron chi connectivity index (χ1n) is 7.44. The topological polar surface area (TPSA) is 9.03 Å². The van der Waals surface area contributed by atoms with Crippen molar-refractivity contribution in [1.29, 1.82) is 0 Å². The van der Waals surface area contributed by atoms with Crippen LogP contribution >= 0.6 is 100 Å². The Morgan fingerprint density at radius 2 is 0.889 bits per heavy atom. The first-order chi connectivity index (χ1) is 13.0. The number of thioether (sulfide) groups is 3. The van der Waals surface area contributed by atoms with Crippen LogP contribution in [0.3, 0.4) is 0 Å². The molecule has 27 heavy (non-hydrogen) atoms. The van der Waals surface area contributed by atoms with Gasteiger partial charge in [0.05, 0.1) is 0 Å². The predicted molar refractivity (Wildman–Crippen MR) is 135 cm³/mol. The van der Waals surface area contributed by atoms with Gasteiger partial charge in [0.1, 0.15) is 0 Å². The summed E-state index contributed by atoms with van der Waals surface area (Å²) in [5, 5.41) is 0. The standard InChI is InChI=1S/3C4H7BrINS2/c3*1-7-2-3-8-4(7)9-6-5/h3*2-3H2,1H3. The van der Waals surface area contributed by atoms with Gasteiger partial charge in [0, 0.05) is 0 Å². The predicted octanol–water partition coefficient (Wildman–Crippen LogP) is -3.66. The Hall–Kier alpha value is 4.74. The average Bonchev–Trinajstić information content (AvgIpc) is 3.35. The third-order valence-corrected chi connectivity index (χ3v) is 24.7. The molecule has 3 heterocycles. The van der Waals surface area contributed by atoms with Crippen molar-refractivity contribution in [3.63, 3.8) is 0 Å². The molecule has 0 amide bonds. The summed E-state index contributed by atoms with van der Waals surface area (Å²) >= 11 is 17.0. The minimum atomic E-state index is 0.197. The van der Waals surface area contributed by atoms with Gasteiger partial charge in [-0.3, -0.25) is 0 Å². The Morgan fingerprint density at radius 3 is 1.04 bits per heavy atom. The van der Waals surface area contributed by atoms with Crippen molar-refractivity contribution < 1.29 is 66.5 Å². The van der Waals surface area contributed by atoms with E-state index in [1.54, 1.807) is 0 Å². The van der Waals surface area contributed by atoms with Gasteiger partial charge in [-0.05, 0) is 0 Å². The third-order valence-electron chi connectivity index (χ3n) is 3.18. The van der Waals surface area contributed by atoms with Crippen molar-refractivity contribution >= 4 is 113 Å². The quantitative estimate of drug-likeness (QED) is 0.212. The zero-order valence-electron chi connectivity index (χ0n) is 14.8. The van der Waals surface area contributed by atoms with Gasteiger partial charge in [-0.2, -0.15) is 0 Å². The van der Waals surface area contributed by atoms with Gasteiger partial charge in [0.2, 0.25) is 0 Å². The SMILES string of the molecule is C[N+]1=C(S[I-]Br)SCC1.C[N+]1=C(S[I-]Br)SCC1.C[N+]1=C(S[I-]Br)SCC1. The molecule has 0 atom stereocenters. The first kappa shape index (κ1) is 29.8. The monoisotopic (exact) mass is 1020 g/mol. The summed E-state index contributed by atoms with van der Waals surface area (Å²) in [5.74, 6) is 3.82. The molecule has 0 N–H and O–H groups in total. The summed E-state index contributed by atoms with van der Waals surface area (Å²) in [5.41, 5.74) is 0. The fourth-order valence-corrected chi connectivity index (χ4v) is 27.9. The van der Waals surface area contributed by atoms with E-state index in [2.05, 4.69) is 72.9 Å². The Bertz CT molecular complexity index is 492. The van der Waals surface area contributed by atoms with Crippen molar-refractivity contribution in [2.75, 3.05) is 58.0 Å². The molecule has 15 heteroatoms. The van der Waals surface area contributed by atoms with Crippen LogP contribution in [0.15, 0.2) is 0 Å². The molecule has 3 nitrogen and oxygen atoms in total. The second-order valence-corrected chi connectivity index (χ2v) is 32.7. The van der Waals surface area contributed by atoms with Gasteiger partial charge in [0.25, 0.3) is 0 Å². The number of hydrogen-bond donors (Lipinski definition) is 0. The van der Waals surface area contributed by atoms with Gasteiger partial charge >= 0.3 is 238 Å². The number of rotatable bonds is 3. The molecule has 0 saturated heterocycles. The molecular formula is C12H21Br3I3N3S6. The molecule has 0 aliphatic carbocycles. The minimum absolute atomic E-state index is 0.197. The van der Waals surface area contributed by atoms with Crippen molar-refractivity contribution in [2.45, 2.75) is 0 Å². The maximum absolute atomic E-state index is 3.50. The van der Waals surface area contributed by atoms with Crippen LogP contribution in [-0.2, 0) is 0 Å². The molecule has 0 radical (unpaired) electrons. The second kappa shape index (κ2) is 19.1. The van der Waals surface area contributed by atoms with Crippen LogP contribution in [0.4, 0.5) is 0 Å². The fraction of sp³-hybridized carbons (Fsp3) is 0.750. The van der Waals surface area contributed by atoms with Crippen LogP contribution in [0, 0.1) is 0 Å². The summed E-state index contributed by atoms with van der Waals surface area (Å²) in [4.78, 5) is 0. The zero-order valence-corrected chi connectivity index (χ0v) is 30.9. The van der Waals surface area contributed by atoms with Crippen molar-refractivity contribution in [3.8, 4) is 0 Å². The molecule has 0 unspecified atom stereocenters. The van der Waals surface area contributed by atoms with Gasteiger partial charge in [0.15, 0.2) is 0 Å². The number of hydrogen-bond acceptors (Lipinski definition) is 6. The van der Waals surface area contributed by atoms with Gasteiger partial charge in [-0.15, -0.1) is 0 Å². The van der Waals surface area contributed by atoms with Crippen LogP contribution in [0.25, 0.3) is 0 Å². The summed E-state index contributed by atoms with van der Waals surface area (Å²) in [6.07, 6.45) is 0. The van der Waals surface area contributed by atoms with Crippen molar-refractivity contribution in [3.05, 3.63) is 0 Å². The maximum atomic E-state index is 3.50. The molecule has 3 rings (SSSR count). The van der Waals surface area contributed by atoms with Crippen LogP contribution < -0.4 is 52.8 Å². The molecule has 162 valence electrons. The summed E-state index contributed by atoms with van der Waals surface area (Å²) in [7, 11) is 12.4. The molecule has 0 fully saturated rings. The van der Waals surface area contributed by atoms with E-state index < -0.39 is 0 Å². The van der Waals surface area contributed by atoms with Crippen LogP contribution in [0.1, 0.15) is 0 Å². The number of nitrogens with zero attached hydrogens (tertiary/aromatic N) is 3.